The first-order chi connectivity index (χ1) is 13.1. The van der Waals surface area contributed by atoms with Gasteiger partial charge in [0.05, 0.1) is 5.52 Å². The minimum atomic E-state index is -0.398. The second-order valence-electron chi connectivity index (χ2n) is 6.74. The van der Waals surface area contributed by atoms with E-state index in [0.717, 1.165) is 52.9 Å². The molecule has 1 aromatic heterocycles. The molecule has 1 aliphatic rings. The molecule has 0 aliphatic carbocycles. The Balaban J connectivity index is 1.49. The highest BCUT2D eigenvalue weighted by molar-refractivity contribution is 9.10. The summed E-state index contributed by atoms with van der Waals surface area (Å²) in [6, 6.07) is 19.7. The van der Waals surface area contributed by atoms with Crippen molar-refractivity contribution in [3.63, 3.8) is 0 Å². The van der Waals surface area contributed by atoms with Crippen molar-refractivity contribution in [3.8, 4) is 0 Å². The lowest BCUT2D eigenvalue weighted by Gasteiger charge is -2.38. The number of anilines is 1. The number of piperazine rings is 1. The first-order valence-corrected chi connectivity index (χ1v) is 9.81. The van der Waals surface area contributed by atoms with E-state index >= 15 is 0 Å². The van der Waals surface area contributed by atoms with Crippen molar-refractivity contribution in [2.75, 3.05) is 31.1 Å². The molecule has 1 aliphatic heterocycles. The minimum Gasteiger partial charge on any atom is -0.368 e. The first kappa shape index (κ1) is 17.9. The summed E-state index contributed by atoms with van der Waals surface area (Å²) in [4.78, 5) is 21.3. The monoisotopic (exact) mass is 424 g/mol. The summed E-state index contributed by atoms with van der Waals surface area (Å²) in [6.45, 7) is 3.15. The lowest BCUT2D eigenvalue weighted by atomic mass is 10.0. The highest BCUT2D eigenvalue weighted by Gasteiger charge is 2.29. The van der Waals surface area contributed by atoms with E-state index in [2.05, 4.69) is 43.9 Å². The van der Waals surface area contributed by atoms with E-state index in [1.54, 1.807) is 0 Å². The lowest BCUT2D eigenvalue weighted by molar-refractivity contribution is -0.123. The predicted octanol–water partition coefficient (Wildman–Crippen LogP) is 3.35. The van der Waals surface area contributed by atoms with E-state index in [0.29, 0.717) is 0 Å². The number of benzene rings is 2. The number of primary amides is 1. The maximum Gasteiger partial charge on any atom is 0.239 e. The maximum absolute atomic E-state index is 12.1. The summed E-state index contributed by atoms with van der Waals surface area (Å²) in [5.41, 5.74) is 7.66. The van der Waals surface area contributed by atoms with Gasteiger partial charge in [0.15, 0.2) is 0 Å². The van der Waals surface area contributed by atoms with Gasteiger partial charge in [-0.3, -0.25) is 9.69 Å². The van der Waals surface area contributed by atoms with E-state index in [9.17, 15) is 4.79 Å². The van der Waals surface area contributed by atoms with Gasteiger partial charge in [0, 0.05) is 36.0 Å². The predicted molar refractivity (Wildman–Crippen MR) is 112 cm³/mol. The Morgan fingerprint density at radius 2 is 1.67 bits per heavy atom. The number of nitrogens with zero attached hydrogens (tertiary/aromatic N) is 3. The third-order valence-corrected chi connectivity index (χ3v) is 5.57. The van der Waals surface area contributed by atoms with Gasteiger partial charge >= 0.3 is 0 Å². The number of rotatable bonds is 4. The summed E-state index contributed by atoms with van der Waals surface area (Å²) >= 11 is 3.44. The Hall–Kier alpha value is -2.44. The smallest absolute Gasteiger partial charge is 0.239 e. The molecule has 1 amide bonds. The van der Waals surface area contributed by atoms with Gasteiger partial charge in [0.2, 0.25) is 5.91 Å². The fourth-order valence-electron chi connectivity index (χ4n) is 3.64. The third-order valence-electron chi connectivity index (χ3n) is 5.04. The van der Waals surface area contributed by atoms with Crippen LogP contribution in [0.5, 0.6) is 0 Å². The minimum absolute atomic E-state index is 0.311. The zero-order valence-corrected chi connectivity index (χ0v) is 16.5. The van der Waals surface area contributed by atoms with Gasteiger partial charge in [-0.1, -0.05) is 46.3 Å². The van der Waals surface area contributed by atoms with Crippen molar-refractivity contribution in [1.29, 1.82) is 0 Å². The SMILES string of the molecule is NC(=O)[C@H](c1ccc(Br)cc1)N1CCN(c2ccc3ccccc3n2)CC1. The molecule has 2 aromatic carbocycles. The number of para-hydroxylation sites is 1. The summed E-state index contributed by atoms with van der Waals surface area (Å²) in [6.07, 6.45) is 0. The highest BCUT2D eigenvalue weighted by Crippen LogP contribution is 2.25. The molecule has 0 saturated carbocycles. The molecule has 27 heavy (non-hydrogen) atoms. The highest BCUT2D eigenvalue weighted by atomic mass is 79.9. The van der Waals surface area contributed by atoms with Crippen LogP contribution in [0.1, 0.15) is 11.6 Å². The lowest BCUT2D eigenvalue weighted by Crippen LogP contribution is -2.50. The van der Waals surface area contributed by atoms with E-state index in [-0.39, 0.29) is 5.91 Å². The molecule has 1 atom stereocenters. The molecule has 0 bridgehead atoms. The van der Waals surface area contributed by atoms with E-state index in [1.165, 1.54) is 0 Å². The largest absolute Gasteiger partial charge is 0.368 e. The topological polar surface area (TPSA) is 62.5 Å². The Bertz CT molecular complexity index is 952. The van der Waals surface area contributed by atoms with Crippen LogP contribution in [0.25, 0.3) is 10.9 Å². The molecule has 138 valence electrons. The average Bonchev–Trinajstić information content (AvgIpc) is 2.69. The van der Waals surface area contributed by atoms with Crippen LogP contribution in [0.2, 0.25) is 0 Å². The molecule has 6 heteroatoms. The molecule has 3 aromatic rings. The van der Waals surface area contributed by atoms with Gasteiger partial charge in [-0.15, -0.1) is 0 Å². The maximum atomic E-state index is 12.1. The van der Waals surface area contributed by atoms with Crippen molar-refractivity contribution in [1.82, 2.24) is 9.88 Å². The molecule has 2 heterocycles. The number of hydrogen-bond acceptors (Lipinski definition) is 4. The van der Waals surface area contributed by atoms with Crippen LogP contribution in [-0.4, -0.2) is 42.0 Å². The molecule has 0 spiro atoms. The Labute approximate surface area is 166 Å². The quantitative estimate of drug-likeness (QED) is 0.697. The molecule has 4 rings (SSSR count). The second kappa shape index (κ2) is 7.66. The summed E-state index contributed by atoms with van der Waals surface area (Å²) in [7, 11) is 0. The van der Waals surface area contributed by atoms with Gasteiger partial charge < -0.3 is 10.6 Å². The van der Waals surface area contributed by atoms with Crippen molar-refractivity contribution < 1.29 is 4.79 Å². The van der Waals surface area contributed by atoms with Crippen LogP contribution >= 0.6 is 15.9 Å². The number of carbonyl (C=O) groups excluding carboxylic acids is 1. The Kier molecular flexibility index (Phi) is 5.09. The summed E-state index contributed by atoms with van der Waals surface area (Å²) in [5, 5.41) is 1.14. The first-order valence-electron chi connectivity index (χ1n) is 9.01. The molecule has 2 N–H and O–H groups in total. The standard InChI is InChI=1S/C21H21BrN4O/c22-17-8-5-16(6-9-17)20(21(23)27)26-13-11-25(12-14-26)19-10-7-15-3-1-2-4-18(15)24-19/h1-10,20H,11-14H2,(H2,23,27)/t20-/m0/s1. The molecular formula is C21H21BrN4O. The number of hydrogen-bond donors (Lipinski definition) is 1. The van der Waals surface area contributed by atoms with Gasteiger partial charge in [0.1, 0.15) is 11.9 Å². The van der Waals surface area contributed by atoms with Gasteiger partial charge in [-0.05, 0) is 35.9 Å². The zero-order chi connectivity index (χ0) is 18.8. The Morgan fingerprint density at radius 1 is 0.963 bits per heavy atom. The fraction of sp³-hybridized carbons (Fsp3) is 0.238. The molecule has 1 saturated heterocycles. The van der Waals surface area contributed by atoms with Crippen molar-refractivity contribution in [2.45, 2.75) is 6.04 Å². The van der Waals surface area contributed by atoms with Crippen LogP contribution in [0.4, 0.5) is 5.82 Å². The number of nitrogens with two attached hydrogens (primary N) is 1. The van der Waals surface area contributed by atoms with Crippen LogP contribution in [0, 0.1) is 0 Å². The van der Waals surface area contributed by atoms with Crippen LogP contribution < -0.4 is 10.6 Å². The second-order valence-corrected chi connectivity index (χ2v) is 7.66. The molecule has 5 nitrogen and oxygen atoms in total. The Morgan fingerprint density at radius 3 is 2.37 bits per heavy atom. The number of fused-ring (bicyclic) bond motifs is 1. The van der Waals surface area contributed by atoms with Gasteiger partial charge in [-0.25, -0.2) is 4.98 Å². The van der Waals surface area contributed by atoms with Crippen LogP contribution in [-0.2, 0) is 4.79 Å². The number of carbonyl (C=O) groups is 1. The molecule has 1 fully saturated rings. The van der Waals surface area contributed by atoms with Crippen molar-refractivity contribution in [2.24, 2.45) is 5.73 Å². The number of aromatic nitrogens is 1. The van der Waals surface area contributed by atoms with Crippen LogP contribution in [0.3, 0.4) is 0 Å². The zero-order valence-electron chi connectivity index (χ0n) is 14.9. The average molecular weight is 425 g/mol. The molecule has 0 unspecified atom stereocenters. The van der Waals surface area contributed by atoms with Crippen molar-refractivity contribution >= 4 is 38.6 Å². The van der Waals surface area contributed by atoms with E-state index < -0.39 is 6.04 Å². The molecular weight excluding hydrogens is 404 g/mol. The van der Waals surface area contributed by atoms with Crippen LogP contribution in [0.15, 0.2) is 65.1 Å². The normalized spacial score (nSPS) is 16.4. The van der Waals surface area contributed by atoms with E-state index in [1.807, 2.05) is 42.5 Å². The molecule has 0 radical (unpaired) electrons. The number of pyridine rings is 1. The van der Waals surface area contributed by atoms with Gasteiger partial charge in [-0.2, -0.15) is 0 Å². The summed E-state index contributed by atoms with van der Waals surface area (Å²) < 4.78 is 0.988. The fourth-order valence-corrected chi connectivity index (χ4v) is 3.91. The summed E-state index contributed by atoms with van der Waals surface area (Å²) in [5.74, 6) is 0.669. The third kappa shape index (κ3) is 3.82. The number of halogens is 1. The number of amides is 1. The van der Waals surface area contributed by atoms with Crippen molar-refractivity contribution in [3.05, 3.63) is 70.7 Å². The van der Waals surface area contributed by atoms with E-state index in [4.69, 9.17) is 10.7 Å². The van der Waals surface area contributed by atoms with Gasteiger partial charge in [0.25, 0.3) is 0 Å².